The Morgan fingerprint density at radius 2 is 1.65 bits per heavy atom. The number of nitrogens with zero attached hydrogens (tertiary/aromatic N) is 1. The predicted octanol–water partition coefficient (Wildman–Crippen LogP) is 5.06. The molecule has 26 heavy (non-hydrogen) atoms. The third kappa shape index (κ3) is 4.85. The standard InChI is InChI=1S/C20H22BrNO4/c1-20(2,3)26-19(24)22(4)17-11-10-15(25-5)12-16(17)18(23)13-6-8-14(21)9-7-13/h6-12H,1-5H3. The third-order valence-electron chi connectivity index (χ3n) is 3.58. The lowest BCUT2D eigenvalue weighted by Crippen LogP contribution is -2.35. The largest absolute Gasteiger partial charge is 0.497 e. The Morgan fingerprint density at radius 1 is 1.04 bits per heavy atom. The van der Waals surface area contributed by atoms with Crippen LogP contribution in [0.25, 0.3) is 0 Å². The zero-order valence-electron chi connectivity index (χ0n) is 15.5. The van der Waals surface area contributed by atoms with Crippen molar-refractivity contribution in [2.75, 3.05) is 19.1 Å². The lowest BCUT2D eigenvalue weighted by atomic mass is 10.0. The molecule has 0 aliphatic heterocycles. The van der Waals surface area contributed by atoms with Crippen LogP contribution in [0.2, 0.25) is 0 Å². The summed E-state index contributed by atoms with van der Waals surface area (Å²) in [5.41, 5.74) is 0.696. The van der Waals surface area contributed by atoms with Crippen molar-refractivity contribution in [2.24, 2.45) is 0 Å². The first-order chi connectivity index (χ1) is 12.1. The monoisotopic (exact) mass is 419 g/mol. The lowest BCUT2D eigenvalue weighted by molar-refractivity contribution is 0.0589. The quantitative estimate of drug-likeness (QED) is 0.649. The molecule has 0 N–H and O–H groups in total. The fraction of sp³-hybridized carbons (Fsp3) is 0.300. The summed E-state index contributed by atoms with van der Waals surface area (Å²) >= 11 is 3.36. The molecule has 0 aliphatic carbocycles. The van der Waals surface area contributed by atoms with Crippen molar-refractivity contribution in [3.63, 3.8) is 0 Å². The van der Waals surface area contributed by atoms with E-state index in [9.17, 15) is 9.59 Å². The molecule has 0 aromatic heterocycles. The Bertz CT molecular complexity index is 810. The summed E-state index contributed by atoms with van der Waals surface area (Å²) in [5, 5.41) is 0. The Hall–Kier alpha value is -2.34. The third-order valence-corrected chi connectivity index (χ3v) is 4.11. The van der Waals surface area contributed by atoms with Crippen LogP contribution in [0, 0.1) is 0 Å². The second kappa shape index (κ2) is 7.91. The first-order valence-electron chi connectivity index (χ1n) is 8.07. The molecule has 0 aliphatic rings. The van der Waals surface area contributed by atoms with E-state index in [4.69, 9.17) is 9.47 Å². The van der Waals surface area contributed by atoms with Gasteiger partial charge in [-0.15, -0.1) is 0 Å². The van der Waals surface area contributed by atoms with Crippen LogP contribution in [0.4, 0.5) is 10.5 Å². The second-order valence-electron chi connectivity index (χ2n) is 6.76. The van der Waals surface area contributed by atoms with Crippen LogP contribution in [0.3, 0.4) is 0 Å². The molecule has 0 bridgehead atoms. The van der Waals surface area contributed by atoms with Crippen molar-refractivity contribution in [3.05, 3.63) is 58.1 Å². The van der Waals surface area contributed by atoms with Crippen molar-refractivity contribution < 1.29 is 19.1 Å². The highest BCUT2D eigenvalue weighted by molar-refractivity contribution is 9.10. The van der Waals surface area contributed by atoms with Gasteiger partial charge >= 0.3 is 6.09 Å². The Kier molecular flexibility index (Phi) is 6.08. The summed E-state index contributed by atoms with van der Waals surface area (Å²) in [5.74, 6) is 0.327. The molecule has 0 radical (unpaired) electrons. The van der Waals surface area contributed by atoms with Gasteiger partial charge in [-0.2, -0.15) is 0 Å². The van der Waals surface area contributed by atoms with Gasteiger partial charge < -0.3 is 9.47 Å². The number of amides is 1. The van der Waals surface area contributed by atoms with E-state index in [1.54, 1.807) is 70.3 Å². The molecule has 5 nitrogen and oxygen atoms in total. The van der Waals surface area contributed by atoms with Gasteiger partial charge in [0.25, 0.3) is 0 Å². The molecule has 0 saturated carbocycles. The number of rotatable bonds is 4. The maximum Gasteiger partial charge on any atom is 0.414 e. The molecule has 0 heterocycles. The van der Waals surface area contributed by atoms with Crippen LogP contribution in [0.5, 0.6) is 5.75 Å². The molecule has 0 spiro atoms. The number of hydrogen-bond donors (Lipinski definition) is 0. The minimum Gasteiger partial charge on any atom is -0.497 e. The average molecular weight is 420 g/mol. The van der Waals surface area contributed by atoms with Crippen molar-refractivity contribution in [1.29, 1.82) is 0 Å². The maximum absolute atomic E-state index is 13.0. The molecule has 138 valence electrons. The molecule has 0 unspecified atom stereocenters. The van der Waals surface area contributed by atoms with E-state index >= 15 is 0 Å². The van der Waals surface area contributed by atoms with Crippen molar-refractivity contribution in [1.82, 2.24) is 0 Å². The SMILES string of the molecule is COc1ccc(N(C)C(=O)OC(C)(C)C)c(C(=O)c2ccc(Br)cc2)c1. The van der Waals surface area contributed by atoms with Gasteiger partial charge in [0.2, 0.25) is 0 Å². The van der Waals surface area contributed by atoms with E-state index in [0.717, 1.165) is 4.47 Å². The second-order valence-corrected chi connectivity index (χ2v) is 7.67. The molecule has 0 saturated heterocycles. The number of methoxy groups -OCH3 is 1. The van der Waals surface area contributed by atoms with Gasteiger partial charge in [-0.05, 0) is 63.2 Å². The average Bonchev–Trinajstić information content (AvgIpc) is 2.59. The van der Waals surface area contributed by atoms with Crippen LogP contribution in [-0.4, -0.2) is 31.6 Å². The molecule has 1 amide bonds. The first kappa shape index (κ1) is 20.0. The van der Waals surface area contributed by atoms with Crippen molar-refractivity contribution in [3.8, 4) is 5.75 Å². The number of carbonyl (C=O) groups is 2. The predicted molar refractivity (Wildman–Crippen MR) is 105 cm³/mol. The fourth-order valence-electron chi connectivity index (χ4n) is 2.30. The number of carbonyl (C=O) groups excluding carboxylic acids is 2. The number of anilines is 1. The number of ether oxygens (including phenoxy) is 2. The lowest BCUT2D eigenvalue weighted by Gasteiger charge is -2.26. The zero-order valence-corrected chi connectivity index (χ0v) is 17.1. The van der Waals surface area contributed by atoms with E-state index in [1.807, 2.05) is 0 Å². The molecule has 2 aromatic rings. The first-order valence-corrected chi connectivity index (χ1v) is 8.86. The maximum atomic E-state index is 13.0. The summed E-state index contributed by atoms with van der Waals surface area (Å²) in [6.45, 7) is 5.38. The van der Waals surface area contributed by atoms with Crippen molar-refractivity contribution >= 4 is 33.5 Å². The number of benzene rings is 2. The molecular formula is C20H22BrNO4. The van der Waals surface area contributed by atoms with E-state index in [2.05, 4.69) is 15.9 Å². The van der Waals surface area contributed by atoms with Gasteiger partial charge in [-0.3, -0.25) is 9.69 Å². The zero-order chi connectivity index (χ0) is 19.5. The van der Waals surface area contributed by atoms with Crippen LogP contribution in [0.1, 0.15) is 36.7 Å². The number of ketones is 1. The normalized spacial score (nSPS) is 11.0. The van der Waals surface area contributed by atoms with Gasteiger partial charge in [0.1, 0.15) is 11.4 Å². The molecule has 0 fully saturated rings. The molecule has 2 rings (SSSR count). The Labute approximate surface area is 162 Å². The summed E-state index contributed by atoms with van der Waals surface area (Å²) in [6.07, 6.45) is -0.535. The topological polar surface area (TPSA) is 55.8 Å². The summed E-state index contributed by atoms with van der Waals surface area (Å²) in [4.78, 5) is 26.8. The van der Waals surface area contributed by atoms with Gasteiger partial charge in [-0.25, -0.2) is 4.79 Å². The highest BCUT2D eigenvalue weighted by Gasteiger charge is 2.25. The molecule has 0 atom stereocenters. The molecule has 2 aromatic carbocycles. The highest BCUT2D eigenvalue weighted by atomic mass is 79.9. The summed E-state index contributed by atoms with van der Waals surface area (Å²) in [6, 6.07) is 12.0. The van der Waals surface area contributed by atoms with Gasteiger partial charge in [0.05, 0.1) is 18.4 Å². The van der Waals surface area contributed by atoms with E-state index in [-0.39, 0.29) is 5.78 Å². The minimum atomic E-state index is -0.631. The summed E-state index contributed by atoms with van der Waals surface area (Å²) < 4.78 is 11.5. The van der Waals surface area contributed by atoms with Crippen molar-refractivity contribution in [2.45, 2.75) is 26.4 Å². The highest BCUT2D eigenvalue weighted by Crippen LogP contribution is 2.28. The van der Waals surface area contributed by atoms with Gasteiger partial charge in [0, 0.05) is 17.1 Å². The minimum absolute atomic E-state index is 0.207. The molecule has 6 heteroatoms. The van der Waals surface area contributed by atoms with Crippen LogP contribution in [-0.2, 0) is 4.74 Å². The molecular weight excluding hydrogens is 398 g/mol. The van der Waals surface area contributed by atoms with E-state index in [1.165, 1.54) is 12.0 Å². The fourth-order valence-corrected chi connectivity index (χ4v) is 2.57. The van der Waals surface area contributed by atoms with Crippen LogP contribution >= 0.6 is 15.9 Å². The van der Waals surface area contributed by atoms with E-state index < -0.39 is 11.7 Å². The Balaban J connectivity index is 2.45. The van der Waals surface area contributed by atoms with Crippen LogP contribution in [0.15, 0.2) is 46.9 Å². The van der Waals surface area contributed by atoms with Crippen LogP contribution < -0.4 is 9.64 Å². The summed E-state index contributed by atoms with van der Waals surface area (Å²) in [7, 11) is 3.11. The van der Waals surface area contributed by atoms with Gasteiger partial charge in [-0.1, -0.05) is 15.9 Å². The van der Waals surface area contributed by atoms with E-state index in [0.29, 0.717) is 22.6 Å². The van der Waals surface area contributed by atoms with Gasteiger partial charge in [0.15, 0.2) is 5.78 Å². The number of halogens is 1. The number of hydrogen-bond acceptors (Lipinski definition) is 4. The Morgan fingerprint density at radius 3 is 2.19 bits per heavy atom. The smallest absolute Gasteiger partial charge is 0.414 e.